The molecule has 5 nitrogen and oxygen atoms in total. The average Bonchev–Trinajstić information content (AvgIpc) is 3.69. The Balaban J connectivity index is 1.09. The van der Waals surface area contributed by atoms with Gasteiger partial charge in [0.15, 0.2) is 0 Å². The summed E-state index contributed by atoms with van der Waals surface area (Å²) in [6, 6.07) is 66.7. The van der Waals surface area contributed by atoms with Crippen LogP contribution in [0.5, 0.6) is 0 Å². The highest BCUT2D eigenvalue weighted by molar-refractivity contribution is 5.81. The summed E-state index contributed by atoms with van der Waals surface area (Å²) in [5.74, 6) is 0.965. The number of rotatable bonds is 9. The number of nitrogens with zero attached hydrogens (tertiary/aromatic N) is 4. The molecule has 0 atom stereocenters. The molecule has 0 radical (unpaired) electrons. The van der Waals surface area contributed by atoms with Gasteiger partial charge in [0.1, 0.15) is 0 Å². The molecule has 0 spiro atoms. The zero-order valence-electron chi connectivity index (χ0n) is 26.7. The molecule has 0 unspecified atom stereocenters. The Morgan fingerprint density at radius 2 is 0.633 bits per heavy atom. The van der Waals surface area contributed by atoms with Crippen LogP contribution in [0.3, 0.4) is 0 Å². The highest BCUT2D eigenvalue weighted by Crippen LogP contribution is 2.39. The summed E-state index contributed by atoms with van der Waals surface area (Å²) in [5, 5.41) is 8.78. The van der Waals surface area contributed by atoms with Crippen molar-refractivity contribution in [2.45, 2.75) is 0 Å². The average molecular weight is 633 g/mol. The molecule has 0 saturated carbocycles. The third kappa shape index (κ3) is 6.33. The largest absolute Gasteiger partial charge is 0.416 e. The molecule has 234 valence electrons. The summed E-state index contributed by atoms with van der Waals surface area (Å²) < 4.78 is 6.18. The van der Waals surface area contributed by atoms with Crippen molar-refractivity contribution in [2.24, 2.45) is 0 Å². The minimum atomic E-state index is 0.476. The van der Waals surface area contributed by atoms with E-state index >= 15 is 0 Å². The van der Waals surface area contributed by atoms with Crippen molar-refractivity contribution in [3.63, 3.8) is 0 Å². The first-order chi connectivity index (χ1) is 24.3. The first kappa shape index (κ1) is 29.7. The summed E-state index contributed by atoms with van der Waals surface area (Å²) in [7, 11) is 0. The van der Waals surface area contributed by atoms with E-state index in [1.165, 1.54) is 0 Å². The maximum Gasteiger partial charge on any atom is 0.248 e. The van der Waals surface area contributed by atoms with Gasteiger partial charge in [0.05, 0.1) is 0 Å². The van der Waals surface area contributed by atoms with E-state index in [4.69, 9.17) is 4.42 Å². The molecule has 0 amide bonds. The molecule has 5 heteroatoms. The van der Waals surface area contributed by atoms with E-state index in [9.17, 15) is 0 Å². The van der Waals surface area contributed by atoms with Gasteiger partial charge in [-0.25, -0.2) is 0 Å². The molecule has 49 heavy (non-hydrogen) atoms. The maximum absolute atomic E-state index is 6.18. The SMILES string of the molecule is c1ccc(-c2cccc(-c3nnc(-c4ccc(N(c5ccccc5)c5ccc(N(c6ccccc6)c6ccccc6)cc5)cc4)o3)c2)cc1. The summed E-state index contributed by atoms with van der Waals surface area (Å²) in [6.07, 6.45) is 0. The van der Waals surface area contributed by atoms with E-state index in [0.717, 1.165) is 56.4 Å². The molecule has 1 heterocycles. The molecule has 0 N–H and O–H groups in total. The number of benzene rings is 7. The predicted molar refractivity (Wildman–Crippen MR) is 200 cm³/mol. The molecule has 0 saturated heterocycles. The van der Waals surface area contributed by atoms with Crippen LogP contribution in [0.4, 0.5) is 34.1 Å². The molecular weight excluding hydrogens is 601 g/mol. The maximum atomic E-state index is 6.18. The monoisotopic (exact) mass is 632 g/mol. The van der Waals surface area contributed by atoms with E-state index in [1.54, 1.807) is 0 Å². The molecule has 0 bridgehead atoms. The van der Waals surface area contributed by atoms with Gasteiger partial charge in [0, 0.05) is 45.3 Å². The summed E-state index contributed by atoms with van der Waals surface area (Å²) in [4.78, 5) is 4.51. The van der Waals surface area contributed by atoms with E-state index in [1.807, 2.05) is 60.7 Å². The number of hydrogen-bond acceptors (Lipinski definition) is 5. The van der Waals surface area contributed by atoms with Crippen LogP contribution in [0.2, 0.25) is 0 Å². The van der Waals surface area contributed by atoms with Crippen molar-refractivity contribution in [1.29, 1.82) is 0 Å². The number of anilines is 6. The quantitative estimate of drug-likeness (QED) is 0.158. The van der Waals surface area contributed by atoms with Gasteiger partial charge in [-0.1, -0.05) is 97.1 Å². The second kappa shape index (κ2) is 13.6. The predicted octanol–water partition coefficient (Wildman–Crippen LogP) is 12.0. The highest BCUT2D eigenvalue weighted by Gasteiger charge is 2.17. The van der Waals surface area contributed by atoms with E-state index in [0.29, 0.717) is 11.8 Å². The number of hydrogen-bond donors (Lipinski definition) is 0. The van der Waals surface area contributed by atoms with Gasteiger partial charge < -0.3 is 14.2 Å². The molecule has 0 aliphatic heterocycles. The molecule has 0 fully saturated rings. The fraction of sp³-hybridized carbons (Fsp3) is 0. The highest BCUT2D eigenvalue weighted by atomic mass is 16.4. The van der Waals surface area contributed by atoms with Crippen LogP contribution in [0, 0.1) is 0 Å². The van der Waals surface area contributed by atoms with Crippen molar-refractivity contribution in [2.75, 3.05) is 9.80 Å². The van der Waals surface area contributed by atoms with Gasteiger partial charge in [0.2, 0.25) is 11.8 Å². The van der Waals surface area contributed by atoms with E-state index < -0.39 is 0 Å². The summed E-state index contributed by atoms with van der Waals surface area (Å²) in [6.45, 7) is 0. The van der Waals surface area contributed by atoms with Crippen molar-refractivity contribution < 1.29 is 4.42 Å². The summed E-state index contributed by atoms with van der Waals surface area (Å²) >= 11 is 0. The Kier molecular flexibility index (Phi) is 8.21. The molecule has 0 aliphatic rings. The minimum absolute atomic E-state index is 0.476. The Morgan fingerprint density at radius 1 is 0.286 bits per heavy atom. The molecule has 7 aromatic carbocycles. The van der Waals surface area contributed by atoms with Crippen molar-refractivity contribution >= 4 is 34.1 Å². The normalized spacial score (nSPS) is 10.9. The number of aromatic nitrogens is 2. The lowest BCUT2D eigenvalue weighted by atomic mass is 10.0. The molecule has 8 rings (SSSR count). The smallest absolute Gasteiger partial charge is 0.248 e. The van der Waals surface area contributed by atoms with Crippen LogP contribution in [0.25, 0.3) is 34.0 Å². The van der Waals surface area contributed by atoms with Crippen LogP contribution in [-0.2, 0) is 0 Å². The molecule has 0 aliphatic carbocycles. The minimum Gasteiger partial charge on any atom is -0.416 e. The van der Waals surface area contributed by atoms with Crippen LogP contribution < -0.4 is 9.80 Å². The second-order valence-corrected chi connectivity index (χ2v) is 11.6. The topological polar surface area (TPSA) is 45.4 Å². The Bertz CT molecular complexity index is 2210. The number of para-hydroxylation sites is 3. The van der Waals surface area contributed by atoms with Gasteiger partial charge in [-0.05, 0) is 108 Å². The zero-order chi connectivity index (χ0) is 32.8. The van der Waals surface area contributed by atoms with Gasteiger partial charge in [-0.3, -0.25) is 0 Å². The fourth-order valence-corrected chi connectivity index (χ4v) is 6.05. The lowest BCUT2D eigenvalue weighted by molar-refractivity contribution is 0.584. The van der Waals surface area contributed by atoms with Crippen molar-refractivity contribution in [1.82, 2.24) is 10.2 Å². The first-order valence-corrected chi connectivity index (χ1v) is 16.3. The van der Waals surface area contributed by atoms with Crippen LogP contribution in [0.1, 0.15) is 0 Å². The first-order valence-electron chi connectivity index (χ1n) is 16.3. The van der Waals surface area contributed by atoms with E-state index in [2.05, 4.69) is 153 Å². The van der Waals surface area contributed by atoms with Gasteiger partial charge >= 0.3 is 0 Å². The molecule has 1 aromatic heterocycles. The Hall–Kier alpha value is -6.72. The Labute approximate surface area is 286 Å². The molecular formula is C44H32N4O. The lowest BCUT2D eigenvalue weighted by Crippen LogP contribution is -2.12. The molecule has 8 aromatic rings. The van der Waals surface area contributed by atoms with Gasteiger partial charge in [-0.2, -0.15) is 0 Å². The second-order valence-electron chi connectivity index (χ2n) is 11.6. The van der Waals surface area contributed by atoms with Crippen LogP contribution >= 0.6 is 0 Å². The van der Waals surface area contributed by atoms with Gasteiger partial charge in [0.25, 0.3) is 0 Å². The standard InChI is InChI=1S/C44H32N4O/c1-5-14-33(15-6-1)35-16-13-17-36(32-35)44-46-45-43(49-44)34-24-26-40(27-25-34)48(39-22-11-4-12-23-39)42-30-28-41(29-31-42)47(37-18-7-2-8-19-37)38-20-9-3-10-21-38/h1-32H. The zero-order valence-corrected chi connectivity index (χ0v) is 26.7. The third-order valence-electron chi connectivity index (χ3n) is 8.42. The van der Waals surface area contributed by atoms with Crippen molar-refractivity contribution in [3.05, 3.63) is 194 Å². The fourth-order valence-electron chi connectivity index (χ4n) is 6.05. The lowest BCUT2D eigenvalue weighted by Gasteiger charge is -2.28. The van der Waals surface area contributed by atoms with Crippen LogP contribution in [0.15, 0.2) is 199 Å². The van der Waals surface area contributed by atoms with Crippen LogP contribution in [-0.4, -0.2) is 10.2 Å². The van der Waals surface area contributed by atoms with E-state index in [-0.39, 0.29) is 0 Å². The summed E-state index contributed by atoms with van der Waals surface area (Å²) in [5.41, 5.74) is 10.4. The Morgan fingerprint density at radius 3 is 1.10 bits per heavy atom. The van der Waals surface area contributed by atoms with Crippen molar-refractivity contribution in [3.8, 4) is 34.0 Å². The van der Waals surface area contributed by atoms with Gasteiger partial charge in [-0.15, -0.1) is 10.2 Å². The third-order valence-corrected chi connectivity index (χ3v) is 8.42.